The molecule has 0 unspecified atom stereocenters. The summed E-state index contributed by atoms with van der Waals surface area (Å²) in [4.78, 5) is 10.5. The third kappa shape index (κ3) is 9.72. The molecule has 5 heteroatoms. The smallest absolute Gasteiger partial charge is 0.303 e. The van der Waals surface area contributed by atoms with E-state index in [1.54, 1.807) is 6.08 Å². The number of hydrogen-bond donors (Lipinski definition) is 4. The maximum atomic E-state index is 10.5. The van der Waals surface area contributed by atoms with Crippen LogP contribution in [0.1, 0.15) is 84.5 Å². The van der Waals surface area contributed by atoms with Gasteiger partial charge in [-0.15, -0.1) is 0 Å². The minimum absolute atomic E-state index is 0.0143. The molecule has 0 saturated heterocycles. The van der Waals surface area contributed by atoms with Gasteiger partial charge in [-0.1, -0.05) is 64.5 Å². The SMILES string of the molecule is CCCC[C@@H](C)C[C@@H](O)/C=C/[C@H]1[C@@H](CCCCCCC(=O)O)[C@@H](O)C[C@H]1O. The van der Waals surface area contributed by atoms with E-state index < -0.39 is 24.3 Å². The van der Waals surface area contributed by atoms with Crippen LogP contribution in [0.4, 0.5) is 0 Å². The summed E-state index contributed by atoms with van der Waals surface area (Å²) in [6, 6.07) is 0. The fraction of sp³-hybridized carbons (Fsp3) is 0.864. The molecule has 158 valence electrons. The van der Waals surface area contributed by atoms with Gasteiger partial charge in [0.2, 0.25) is 0 Å². The molecule has 0 aliphatic heterocycles. The number of aliphatic carboxylic acids is 1. The summed E-state index contributed by atoms with van der Waals surface area (Å²) in [6.07, 6.45) is 11.2. The first-order valence-electron chi connectivity index (χ1n) is 10.8. The Bertz CT molecular complexity index is 436. The monoisotopic (exact) mass is 384 g/mol. The quantitative estimate of drug-likeness (QED) is 0.269. The average molecular weight is 385 g/mol. The van der Waals surface area contributed by atoms with Gasteiger partial charge in [-0.05, 0) is 31.1 Å². The van der Waals surface area contributed by atoms with Crippen LogP contribution in [0.15, 0.2) is 12.2 Å². The van der Waals surface area contributed by atoms with E-state index in [1.807, 2.05) is 6.08 Å². The Morgan fingerprint density at radius 3 is 2.48 bits per heavy atom. The van der Waals surface area contributed by atoms with Gasteiger partial charge in [0, 0.05) is 18.8 Å². The minimum Gasteiger partial charge on any atom is -0.481 e. The number of aliphatic hydroxyl groups excluding tert-OH is 3. The lowest BCUT2D eigenvalue weighted by Gasteiger charge is -2.21. The highest BCUT2D eigenvalue weighted by Gasteiger charge is 2.39. The van der Waals surface area contributed by atoms with Gasteiger partial charge >= 0.3 is 5.97 Å². The minimum atomic E-state index is -0.753. The summed E-state index contributed by atoms with van der Waals surface area (Å²) < 4.78 is 0. The summed E-state index contributed by atoms with van der Waals surface area (Å²) in [6.45, 7) is 4.33. The zero-order chi connectivity index (χ0) is 20.2. The second-order valence-corrected chi connectivity index (χ2v) is 8.39. The van der Waals surface area contributed by atoms with Crippen molar-refractivity contribution in [2.75, 3.05) is 0 Å². The Hall–Kier alpha value is -0.910. The number of hydrogen-bond acceptors (Lipinski definition) is 4. The first-order chi connectivity index (χ1) is 12.8. The zero-order valence-corrected chi connectivity index (χ0v) is 17.1. The van der Waals surface area contributed by atoms with Crippen LogP contribution in [0.5, 0.6) is 0 Å². The molecule has 0 bridgehead atoms. The molecule has 1 saturated carbocycles. The van der Waals surface area contributed by atoms with Gasteiger partial charge in [0.25, 0.3) is 0 Å². The summed E-state index contributed by atoms with van der Waals surface area (Å²) in [5.74, 6) is -0.373. The molecule has 0 spiro atoms. The molecule has 5 nitrogen and oxygen atoms in total. The second kappa shape index (κ2) is 13.3. The van der Waals surface area contributed by atoms with Crippen LogP contribution >= 0.6 is 0 Å². The molecule has 0 heterocycles. The van der Waals surface area contributed by atoms with Crippen molar-refractivity contribution in [2.24, 2.45) is 17.8 Å². The maximum absolute atomic E-state index is 10.5. The Balaban J connectivity index is 2.42. The highest BCUT2D eigenvalue weighted by molar-refractivity contribution is 5.66. The van der Waals surface area contributed by atoms with Gasteiger partial charge in [-0.25, -0.2) is 0 Å². The van der Waals surface area contributed by atoms with Gasteiger partial charge in [-0.2, -0.15) is 0 Å². The van der Waals surface area contributed by atoms with E-state index in [-0.39, 0.29) is 18.3 Å². The van der Waals surface area contributed by atoms with Crippen LogP contribution in [0.25, 0.3) is 0 Å². The van der Waals surface area contributed by atoms with Crippen molar-refractivity contribution in [2.45, 2.75) is 103 Å². The van der Waals surface area contributed by atoms with E-state index in [0.717, 1.165) is 38.5 Å². The van der Waals surface area contributed by atoms with Crippen molar-refractivity contribution >= 4 is 5.97 Å². The molecule has 4 N–H and O–H groups in total. The molecule has 6 atom stereocenters. The molecule has 0 amide bonds. The number of carboxylic acid groups (broad SMARTS) is 1. The molecule has 1 aliphatic rings. The van der Waals surface area contributed by atoms with Crippen LogP contribution in [0.3, 0.4) is 0 Å². The van der Waals surface area contributed by atoms with E-state index in [0.29, 0.717) is 18.8 Å². The zero-order valence-electron chi connectivity index (χ0n) is 17.1. The maximum Gasteiger partial charge on any atom is 0.303 e. The molecule has 0 aromatic carbocycles. The standard InChI is InChI=1S/C22H40O5/c1-3-4-9-16(2)14-17(23)12-13-19-18(20(24)15-21(19)25)10-7-5-6-8-11-22(26)27/h12-13,16-21,23-25H,3-11,14-15H2,1-2H3,(H,26,27)/b13-12+/t16-,17+,18-,19+,20+,21-/m1/s1. The van der Waals surface area contributed by atoms with Crippen molar-refractivity contribution in [1.82, 2.24) is 0 Å². The third-order valence-electron chi connectivity index (χ3n) is 5.84. The molecule has 1 fully saturated rings. The number of rotatable bonds is 14. The fourth-order valence-corrected chi connectivity index (χ4v) is 4.20. The first-order valence-corrected chi connectivity index (χ1v) is 10.8. The van der Waals surface area contributed by atoms with Crippen molar-refractivity contribution < 1.29 is 25.2 Å². The molecule has 0 aromatic heterocycles. The largest absolute Gasteiger partial charge is 0.481 e. The molecule has 0 radical (unpaired) electrons. The van der Waals surface area contributed by atoms with Crippen molar-refractivity contribution in [3.05, 3.63) is 12.2 Å². The molecule has 0 aromatic rings. The molecule has 27 heavy (non-hydrogen) atoms. The number of carbonyl (C=O) groups is 1. The van der Waals surface area contributed by atoms with Crippen LogP contribution < -0.4 is 0 Å². The highest BCUT2D eigenvalue weighted by Crippen LogP contribution is 2.37. The normalized spacial score (nSPS) is 27.9. The summed E-state index contributed by atoms with van der Waals surface area (Å²) >= 11 is 0. The predicted molar refractivity (Wildman–Crippen MR) is 107 cm³/mol. The lowest BCUT2D eigenvalue weighted by molar-refractivity contribution is -0.137. The fourth-order valence-electron chi connectivity index (χ4n) is 4.20. The Morgan fingerprint density at radius 2 is 1.81 bits per heavy atom. The van der Waals surface area contributed by atoms with Gasteiger partial charge in [0.05, 0.1) is 18.3 Å². The van der Waals surface area contributed by atoms with Crippen molar-refractivity contribution in [1.29, 1.82) is 0 Å². The number of aliphatic hydroxyl groups is 3. The van der Waals surface area contributed by atoms with E-state index in [9.17, 15) is 20.1 Å². The number of unbranched alkanes of at least 4 members (excludes halogenated alkanes) is 4. The van der Waals surface area contributed by atoms with Crippen molar-refractivity contribution in [3.8, 4) is 0 Å². The van der Waals surface area contributed by atoms with Crippen molar-refractivity contribution in [3.63, 3.8) is 0 Å². The van der Waals surface area contributed by atoms with Crippen LogP contribution in [-0.2, 0) is 4.79 Å². The predicted octanol–water partition coefficient (Wildman–Crippen LogP) is 3.90. The number of carboxylic acids is 1. The molecule has 1 aliphatic carbocycles. The third-order valence-corrected chi connectivity index (χ3v) is 5.84. The van der Waals surface area contributed by atoms with Crippen LogP contribution in [-0.4, -0.2) is 44.7 Å². The first kappa shape index (κ1) is 24.1. The van der Waals surface area contributed by atoms with Crippen LogP contribution in [0, 0.1) is 17.8 Å². The summed E-state index contributed by atoms with van der Waals surface area (Å²) in [5, 5.41) is 39.5. The molecule has 1 rings (SSSR count). The van der Waals surface area contributed by atoms with E-state index in [1.165, 1.54) is 12.8 Å². The molecular formula is C22H40O5. The topological polar surface area (TPSA) is 98.0 Å². The Kier molecular flexibility index (Phi) is 11.9. The van der Waals surface area contributed by atoms with Gasteiger partial charge < -0.3 is 20.4 Å². The van der Waals surface area contributed by atoms with Crippen LogP contribution in [0.2, 0.25) is 0 Å². The lowest BCUT2D eigenvalue weighted by Crippen LogP contribution is -2.21. The van der Waals surface area contributed by atoms with E-state index >= 15 is 0 Å². The van der Waals surface area contributed by atoms with Gasteiger partial charge in [-0.3, -0.25) is 4.79 Å². The Labute approximate surface area is 164 Å². The highest BCUT2D eigenvalue weighted by atomic mass is 16.4. The lowest BCUT2D eigenvalue weighted by atomic mass is 9.87. The second-order valence-electron chi connectivity index (χ2n) is 8.39. The average Bonchev–Trinajstić information content (AvgIpc) is 2.87. The summed E-state index contributed by atoms with van der Waals surface area (Å²) in [7, 11) is 0. The summed E-state index contributed by atoms with van der Waals surface area (Å²) in [5.41, 5.74) is 0. The molecular weight excluding hydrogens is 344 g/mol. The van der Waals surface area contributed by atoms with E-state index in [4.69, 9.17) is 5.11 Å². The Morgan fingerprint density at radius 1 is 1.11 bits per heavy atom. The van der Waals surface area contributed by atoms with E-state index in [2.05, 4.69) is 13.8 Å². The van der Waals surface area contributed by atoms with Gasteiger partial charge in [0.1, 0.15) is 0 Å². The van der Waals surface area contributed by atoms with Gasteiger partial charge in [0.15, 0.2) is 0 Å².